The number of aromatic amines is 2. The van der Waals surface area contributed by atoms with Gasteiger partial charge < -0.3 is 89.1 Å². The number of aryl methyl sites for hydroxylation is 6. The second-order valence-corrected chi connectivity index (χ2v) is 33.3. The number of para-hydroxylation sites is 5. The molecule has 0 fully saturated rings. The molecule has 0 aliphatic heterocycles. The summed E-state index contributed by atoms with van der Waals surface area (Å²) in [6.45, 7) is 10.9. The van der Waals surface area contributed by atoms with Crippen LogP contribution in [0.3, 0.4) is 0 Å². The van der Waals surface area contributed by atoms with Gasteiger partial charge in [-0.1, -0.05) is 144 Å². The van der Waals surface area contributed by atoms with Crippen molar-refractivity contribution in [3.63, 3.8) is 0 Å². The van der Waals surface area contributed by atoms with E-state index in [0.29, 0.717) is 129 Å². The molecule has 18 N–H and O–H groups in total. The Hall–Kier alpha value is -13.6. The first kappa shape index (κ1) is 92.1. The molecule has 32 heteroatoms. The van der Waals surface area contributed by atoms with E-state index >= 15 is 19.2 Å². The zero-order valence-electron chi connectivity index (χ0n) is 73.7. The highest BCUT2D eigenvalue weighted by Gasteiger charge is 2.35. The minimum atomic E-state index is -1.60. The van der Waals surface area contributed by atoms with Crippen LogP contribution >= 0.6 is 0 Å². The number of aromatic nitrogens is 11. The first-order valence-corrected chi connectivity index (χ1v) is 45.5. The predicted molar refractivity (Wildman–Crippen MR) is 501 cm³/mol. The summed E-state index contributed by atoms with van der Waals surface area (Å²) in [6, 6.07) is 30.9. The Balaban J connectivity index is 0.718. The van der Waals surface area contributed by atoms with Gasteiger partial charge in [-0.25, -0.2) is 29.9 Å². The molecule has 8 heterocycles. The van der Waals surface area contributed by atoms with Crippen molar-refractivity contribution >= 4 is 158 Å². The number of carbonyl (C=O) groups excluding carboxylic acids is 9. The number of H-pyrrole nitrogens is 2. The van der Waals surface area contributed by atoms with Gasteiger partial charge in [0.15, 0.2) is 17.5 Å². The van der Waals surface area contributed by atoms with Crippen molar-refractivity contribution in [2.45, 2.75) is 244 Å². The maximum absolute atomic E-state index is 15.7. The van der Waals surface area contributed by atoms with Crippen LogP contribution in [-0.4, -0.2) is 157 Å². The highest BCUT2D eigenvalue weighted by Crippen LogP contribution is 2.34. The minimum absolute atomic E-state index is 0.0809. The number of imidazole rings is 3. The summed E-state index contributed by atoms with van der Waals surface area (Å²) in [4.78, 5) is 166. The maximum atomic E-state index is 15.7. The highest BCUT2D eigenvalue weighted by molar-refractivity contribution is 6.09. The first-order chi connectivity index (χ1) is 62.2. The largest absolute Gasteiger partial charge is 0.382 e. The monoisotopic (exact) mass is 1740 g/mol. The lowest BCUT2D eigenvalue weighted by molar-refractivity contribution is -0.135. The van der Waals surface area contributed by atoms with Gasteiger partial charge in [0.25, 0.3) is 0 Å². The van der Waals surface area contributed by atoms with E-state index in [1.54, 1.807) is 12.4 Å². The number of primary amides is 1. The number of amides is 9. The Labute approximate surface area is 743 Å². The minimum Gasteiger partial charge on any atom is -0.382 e. The van der Waals surface area contributed by atoms with Crippen LogP contribution in [0, 0.1) is 0 Å². The lowest BCUT2D eigenvalue weighted by atomic mass is 10.0. The van der Waals surface area contributed by atoms with Crippen molar-refractivity contribution in [3.8, 4) is 0 Å². The van der Waals surface area contributed by atoms with Gasteiger partial charge >= 0.3 is 0 Å². The first-order valence-electron chi connectivity index (χ1n) is 45.5. The number of unbranched alkanes of at least 4 members (excludes halogenated alkanes) is 7. The molecule has 9 amide bonds. The van der Waals surface area contributed by atoms with Gasteiger partial charge in [-0.2, -0.15) is 0 Å². The SMILES string of the molecule is CCCCC(=O)N[C@@H](CCC(=O)NCCCCn1c(CCCC)nc2c(N)nc3ccccc3c21)C(=O)N[C@@H](Cc1c[nH]c2ccccc12)C(=O)N[C@@H](CCC(=O)NCCCCn1c(CCCC)nc2c(N)nc3ccccc3c21)C(=O)N[C@@H](Cc1c[nH]c2ccccc12)C(=O)N[C@@H](CCC(=O)NCCCCn1c(CCCC)nc2c(N)nc3ccccc3c21)C(N)=O. The van der Waals surface area contributed by atoms with E-state index in [1.807, 2.05) is 128 Å². The van der Waals surface area contributed by atoms with Crippen molar-refractivity contribution in [1.82, 2.24) is 96.1 Å². The standard InChI is InChI=1S/C96H121N23O9/c1-5-9-39-76-114-83-86(63-31-15-20-36-68(63)107-89(83)97)117(76)52-26-23-49-101-79(120)46-43-71(92(100)124)110-95(127)74(55-59-57-104-66-34-18-13-29-61(59)66)113-94(126)73(45-48-81(122)103-51-25-28-54-119-78(41-11-7-3)116-85-88(119)65-33-17-22-38-70(65)109-91(85)99)111-96(128)75(56-60-58-105-67-35-19-14-30-62(60)67)112-93(125)72(106-82(123)42-12-8-4)44-47-80(121)102-50-24-27-53-118-77(40-10-6-2)115-84-87(118)64-32-16-21-37-69(64)108-90(84)98/h13-22,29-38,57-58,71-75,104-105H,5-12,23-28,39-56H2,1-4H3,(H2,97,107)(H2,98,108)(H2,99,109)(H2,100,124)(H,101,120)(H,102,121)(H,103,122)(H,106,123)(H,110,127)(H,111,128)(H,112,125)(H,113,126)/t71-,72-,73-,74-,75-/m0/s1. The van der Waals surface area contributed by atoms with E-state index < -0.39 is 71.6 Å². The lowest BCUT2D eigenvalue weighted by Crippen LogP contribution is -2.59. The molecule has 0 unspecified atom stereocenters. The second-order valence-electron chi connectivity index (χ2n) is 33.3. The molecule has 13 aromatic rings. The summed E-state index contributed by atoms with van der Waals surface area (Å²) in [7, 11) is 0. The molecule has 5 aromatic carbocycles. The topological polar surface area (TPSA) is 478 Å². The number of nitrogens with one attached hydrogen (secondary N) is 10. The Morgan fingerprint density at radius 3 is 1.02 bits per heavy atom. The van der Waals surface area contributed by atoms with E-state index in [4.69, 9.17) is 37.9 Å². The Morgan fingerprint density at radius 2 is 0.656 bits per heavy atom. The third-order valence-corrected chi connectivity index (χ3v) is 23.9. The molecule has 674 valence electrons. The smallest absolute Gasteiger partial charge is 0.243 e. The zero-order chi connectivity index (χ0) is 90.2. The number of carbonyl (C=O) groups is 9. The number of nitrogens with two attached hydrogens (primary N) is 4. The summed E-state index contributed by atoms with van der Waals surface area (Å²) in [5.41, 5.74) is 35.2. The van der Waals surface area contributed by atoms with Crippen LogP contribution in [0.5, 0.6) is 0 Å². The Bertz CT molecular complexity index is 6120. The molecule has 8 aromatic heterocycles. The summed E-state index contributed by atoms with van der Waals surface area (Å²) < 4.78 is 6.61. The van der Waals surface area contributed by atoms with Crippen LogP contribution in [0.15, 0.2) is 134 Å². The van der Waals surface area contributed by atoms with Gasteiger partial charge in [0.1, 0.15) is 64.2 Å². The number of benzene rings is 5. The molecule has 0 radical (unpaired) electrons. The van der Waals surface area contributed by atoms with Crippen molar-refractivity contribution in [2.75, 3.05) is 36.8 Å². The number of fused-ring (bicyclic) bond motifs is 11. The molecule has 0 spiro atoms. The molecular weight excluding hydrogens is 1620 g/mol. The van der Waals surface area contributed by atoms with Gasteiger partial charge in [0.2, 0.25) is 53.2 Å². The van der Waals surface area contributed by atoms with Crippen molar-refractivity contribution < 1.29 is 43.2 Å². The molecule has 32 nitrogen and oxygen atoms in total. The third kappa shape index (κ3) is 23.0. The molecule has 0 aliphatic rings. The second kappa shape index (κ2) is 44.5. The van der Waals surface area contributed by atoms with Crippen LogP contribution in [0.4, 0.5) is 17.5 Å². The van der Waals surface area contributed by atoms with Gasteiger partial charge in [-0.05, 0) is 125 Å². The molecule has 5 atom stereocenters. The van der Waals surface area contributed by atoms with E-state index in [-0.39, 0.29) is 76.1 Å². The maximum Gasteiger partial charge on any atom is 0.243 e. The van der Waals surface area contributed by atoms with Crippen molar-refractivity contribution in [2.24, 2.45) is 5.73 Å². The highest BCUT2D eigenvalue weighted by atomic mass is 16.2. The van der Waals surface area contributed by atoms with E-state index in [0.717, 1.165) is 146 Å². The summed E-state index contributed by atoms with van der Waals surface area (Å²) in [5.74, 6) is -2.22. The molecule has 0 saturated carbocycles. The van der Waals surface area contributed by atoms with Crippen LogP contribution < -0.4 is 65.5 Å². The van der Waals surface area contributed by atoms with Gasteiger partial charge in [-0.15, -0.1) is 0 Å². The fraction of sp³-hybridized carbons (Fsp3) is 0.427. The third-order valence-electron chi connectivity index (χ3n) is 23.9. The zero-order valence-corrected chi connectivity index (χ0v) is 73.7. The van der Waals surface area contributed by atoms with E-state index in [1.165, 1.54) is 0 Å². The predicted octanol–water partition coefficient (Wildman–Crippen LogP) is 11.1. The summed E-state index contributed by atoms with van der Waals surface area (Å²) in [5, 5.41) is 27.5. The van der Waals surface area contributed by atoms with Crippen molar-refractivity contribution in [1.29, 1.82) is 0 Å². The number of hydrogen-bond acceptors (Lipinski definition) is 18. The fourth-order valence-electron chi connectivity index (χ4n) is 16.9. The molecule has 13 rings (SSSR count). The Morgan fingerprint density at radius 1 is 0.344 bits per heavy atom. The summed E-state index contributed by atoms with van der Waals surface area (Å²) in [6.07, 6.45) is 14.6. The number of nitrogen functional groups attached to an aromatic ring is 3. The van der Waals surface area contributed by atoms with Crippen LogP contribution in [0.2, 0.25) is 0 Å². The van der Waals surface area contributed by atoms with Gasteiger partial charge in [-0.3, -0.25) is 43.2 Å². The average molecular weight is 1740 g/mol. The Kier molecular flexibility index (Phi) is 32.1. The molecule has 0 aliphatic carbocycles. The average Bonchev–Trinajstić information content (AvgIpc) is 1.61. The molecule has 0 saturated heterocycles. The normalized spacial score (nSPS) is 12.8. The quantitative estimate of drug-likeness (QED) is 0.0157. The van der Waals surface area contributed by atoms with Crippen LogP contribution in [0.1, 0.15) is 191 Å². The summed E-state index contributed by atoms with van der Waals surface area (Å²) >= 11 is 0. The van der Waals surface area contributed by atoms with Crippen LogP contribution in [0.25, 0.3) is 87.6 Å². The molecular formula is C96H121N23O9. The van der Waals surface area contributed by atoms with E-state index in [2.05, 4.69) is 102 Å². The molecule has 128 heavy (non-hydrogen) atoms. The number of pyridine rings is 3. The number of hydrogen-bond donors (Lipinski definition) is 14. The van der Waals surface area contributed by atoms with E-state index in [9.17, 15) is 24.0 Å². The lowest BCUT2D eigenvalue weighted by Gasteiger charge is -2.27. The molecule has 0 bridgehead atoms. The van der Waals surface area contributed by atoms with Gasteiger partial charge in [0.05, 0.1) is 33.1 Å². The van der Waals surface area contributed by atoms with Crippen molar-refractivity contribution in [3.05, 3.63) is 162 Å². The van der Waals surface area contributed by atoms with Gasteiger partial charge in [0, 0.05) is 147 Å². The number of rotatable bonds is 50. The number of anilines is 3. The van der Waals surface area contributed by atoms with Crippen LogP contribution in [-0.2, 0) is 94.9 Å². The fourth-order valence-corrected chi connectivity index (χ4v) is 16.9. The number of nitrogens with zero attached hydrogens (tertiary/aromatic N) is 9.